The van der Waals surface area contributed by atoms with Gasteiger partial charge in [0.05, 0.1) is 22.5 Å². The number of nitrogens with zero attached hydrogens (tertiary/aromatic N) is 4. The standard InChI is InChI=1S/C30H23FN6O2S2/c1-36-29-27(25-9-5-6-10-26(25)41(36,38)39)35-37(28(29)21-7-3-2-4-8-21)24-17-11-20(12-18-24)19-32-34-30(40)33-23-15-13-22(31)14-16-23/h2-19H,1H3,(H2,33,34,40)/b32-19+. The first kappa shape index (κ1) is 26.4. The smallest absolute Gasteiger partial charge is 0.264 e. The molecule has 1 aromatic heterocycles. The lowest BCUT2D eigenvalue weighted by molar-refractivity contribution is 0.594. The molecule has 2 heterocycles. The van der Waals surface area contributed by atoms with Crippen LogP contribution >= 0.6 is 12.2 Å². The van der Waals surface area contributed by atoms with Gasteiger partial charge in [-0.3, -0.25) is 9.73 Å². The maximum atomic E-state index is 13.4. The van der Waals surface area contributed by atoms with Crippen molar-refractivity contribution in [2.24, 2.45) is 5.10 Å². The van der Waals surface area contributed by atoms with Crippen LogP contribution in [0, 0.1) is 5.82 Å². The van der Waals surface area contributed by atoms with Crippen molar-refractivity contribution in [1.82, 2.24) is 15.2 Å². The van der Waals surface area contributed by atoms with Crippen LogP contribution in [0.25, 0.3) is 28.2 Å². The van der Waals surface area contributed by atoms with E-state index in [1.165, 1.54) is 16.4 Å². The third-order valence-electron chi connectivity index (χ3n) is 6.62. The van der Waals surface area contributed by atoms with Gasteiger partial charge in [-0.1, -0.05) is 60.7 Å². The molecule has 0 saturated heterocycles. The van der Waals surface area contributed by atoms with Crippen molar-refractivity contribution in [2.75, 3.05) is 16.7 Å². The van der Waals surface area contributed by atoms with Gasteiger partial charge >= 0.3 is 0 Å². The Balaban J connectivity index is 1.32. The van der Waals surface area contributed by atoms with Crippen molar-refractivity contribution in [1.29, 1.82) is 0 Å². The number of fused-ring (bicyclic) bond motifs is 3. The van der Waals surface area contributed by atoms with Crippen LogP contribution in [-0.4, -0.2) is 36.6 Å². The van der Waals surface area contributed by atoms with Crippen molar-refractivity contribution in [2.45, 2.75) is 4.90 Å². The average molecular weight is 583 g/mol. The molecule has 6 rings (SSSR count). The fourth-order valence-electron chi connectivity index (χ4n) is 4.65. The predicted molar refractivity (Wildman–Crippen MR) is 163 cm³/mol. The maximum absolute atomic E-state index is 13.4. The Morgan fingerprint density at radius 1 is 0.927 bits per heavy atom. The molecule has 1 aliphatic rings. The minimum Gasteiger partial charge on any atom is -0.331 e. The number of hydrogen-bond donors (Lipinski definition) is 2. The summed E-state index contributed by atoms with van der Waals surface area (Å²) in [5, 5.41) is 12.3. The second kappa shape index (κ2) is 10.6. The molecule has 0 spiro atoms. The van der Waals surface area contributed by atoms with Gasteiger partial charge in [0, 0.05) is 23.9 Å². The molecule has 0 amide bonds. The van der Waals surface area contributed by atoms with Crippen LogP contribution in [0.2, 0.25) is 0 Å². The summed E-state index contributed by atoms with van der Waals surface area (Å²) in [7, 11) is -2.20. The van der Waals surface area contributed by atoms with Gasteiger partial charge in [0.2, 0.25) is 0 Å². The summed E-state index contributed by atoms with van der Waals surface area (Å²) in [6.45, 7) is 0. The molecule has 41 heavy (non-hydrogen) atoms. The van der Waals surface area contributed by atoms with E-state index in [1.54, 1.807) is 48.3 Å². The Morgan fingerprint density at radius 2 is 1.61 bits per heavy atom. The highest BCUT2D eigenvalue weighted by Crippen LogP contribution is 2.47. The Labute approximate surface area is 241 Å². The third-order valence-corrected chi connectivity index (χ3v) is 8.63. The second-order valence-corrected chi connectivity index (χ2v) is 11.6. The van der Waals surface area contributed by atoms with Crippen LogP contribution in [0.1, 0.15) is 5.56 Å². The quantitative estimate of drug-likeness (QED) is 0.155. The van der Waals surface area contributed by atoms with E-state index >= 15 is 0 Å². The zero-order valence-corrected chi connectivity index (χ0v) is 23.3. The molecule has 11 heteroatoms. The second-order valence-electron chi connectivity index (χ2n) is 9.21. The van der Waals surface area contributed by atoms with Gasteiger partial charge in [-0.15, -0.1) is 0 Å². The normalized spacial score (nSPS) is 13.5. The van der Waals surface area contributed by atoms with E-state index in [9.17, 15) is 12.8 Å². The molecule has 0 radical (unpaired) electrons. The van der Waals surface area contributed by atoms with E-state index in [0.717, 1.165) is 16.8 Å². The van der Waals surface area contributed by atoms with Gasteiger partial charge in [0.1, 0.15) is 17.2 Å². The molecule has 0 aliphatic carbocycles. The fraction of sp³-hybridized carbons (Fsp3) is 0.0333. The van der Waals surface area contributed by atoms with Crippen molar-refractivity contribution in [3.63, 3.8) is 0 Å². The average Bonchev–Trinajstić information content (AvgIpc) is 3.39. The highest BCUT2D eigenvalue weighted by molar-refractivity contribution is 7.93. The molecule has 0 bridgehead atoms. The van der Waals surface area contributed by atoms with E-state index in [0.29, 0.717) is 28.3 Å². The van der Waals surface area contributed by atoms with Crippen molar-refractivity contribution in [3.05, 3.63) is 115 Å². The van der Waals surface area contributed by atoms with E-state index in [-0.39, 0.29) is 15.8 Å². The Kier molecular flexibility index (Phi) is 6.82. The first-order valence-electron chi connectivity index (χ1n) is 12.6. The van der Waals surface area contributed by atoms with E-state index in [4.69, 9.17) is 17.3 Å². The number of sulfonamides is 1. The fourth-order valence-corrected chi connectivity index (χ4v) is 6.22. The highest BCUT2D eigenvalue weighted by atomic mass is 32.2. The van der Waals surface area contributed by atoms with Gasteiger partial charge in [0.15, 0.2) is 5.11 Å². The van der Waals surface area contributed by atoms with E-state index in [1.807, 2.05) is 60.7 Å². The summed E-state index contributed by atoms with van der Waals surface area (Å²) >= 11 is 5.24. The summed E-state index contributed by atoms with van der Waals surface area (Å²) in [6.07, 6.45) is 1.62. The molecule has 1 aliphatic heterocycles. The summed E-state index contributed by atoms with van der Waals surface area (Å²) in [6, 6.07) is 29.9. The number of nitrogens with one attached hydrogen (secondary N) is 2. The van der Waals surface area contributed by atoms with Crippen LogP contribution in [0.5, 0.6) is 0 Å². The summed E-state index contributed by atoms with van der Waals surface area (Å²) in [5.41, 5.74) is 8.11. The molecule has 0 atom stereocenters. The van der Waals surface area contributed by atoms with Gasteiger partial charge < -0.3 is 5.32 Å². The van der Waals surface area contributed by atoms with E-state index in [2.05, 4.69) is 15.8 Å². The molecule has 0 unspecified atom stereocenters. The predicted octanol–water partition coefficient (Wildman–Crippen LogP) is 5.80. The van der Waals surface area contributed by atoms with Crippen LogP contribution in [0.15, 0.2) is 113 Å². The number of rotatable bonds is 5. The lowest BCUT2D eigenvalue weighted by atomic mass is 10.1. The third kappa shape index (κ3) is 4.96. The van der Waals surface area contributed by atoms with Gasteiger partial charge in [-0.05, 0) is 60.2 Å². The molecule has 5 aromatic rings. The number of halogens is 1. The van der Waals surface area contributed by atoms with Crippen LogP contribution in [0.4, 0.5) is 15.8 Å². The van der Waals surface area contributed by atoms with Crippen molar-refractivity contribution >= 4 is 44.9 Å². The monoisotopic (exact) mass is 582 g/mol. The Hall–Kier alpha value is -4.87. The SMILES string of the molecule is CN1c2c(nn(-c3ccc(/C=N/NC(=S)Nc4ccc(F)cc4)cc3)c2-c2ccccc2)-c2ccccc2S1(=O)=O. The molecule has 8 nitrogen and oxygen atoms in total. The first-order valence-corrected chi connectivity index (χ1v) is 14.4. The Bertz CT molecular complexity index is 1890. The summed E-state index contributed by atoms with van der Waals surface area (Å²) < 4.78 is 43.1. The number of hydrazone groups is 1. The molecule has 0 saturated carbocycles. The molecular weight excluding hydrogens is 560 g/mol. The molecule has 0 fully saturated rings. The van der Waals surface area contributed by atoms with E-state index < -0.39 is 10.0 Å². The number of hydrogen-bond acceptors (Lipinski definition) is 5. The van der Waals surface area contributed by atoms with Crippen molar-refractivity contribution in [3.8, 4) is 28.2 Å². The topological polar surface area (TPSA) is 91.6 Å². The van der Waals surface area contributed by atoms with Crippen molar-refractivity contribution < 1.29 is 12.8 Å². The van der Waals surface area contributed by atoms with Crippen LogP contribution in [0.3, 0.4) is 0 Å². The van der Waals surface area contributed by atoms with Crippen LogP contribution in [-0.2, 0) is 10.0 Å². The minimum atomic E-state index is -3.76. The van der Waals surface area contributed by atoms with Gasteiger partial charge in [0.25, 0.3) is 10.0 Å². The lowest BCUT2D eigenvalue weighted by Crippen LogP contribution is -2.30. The first-order chi connectivity index (χ1) is 19.8. The highest BCUT2D eigenvalue weighted by Gasteiger charge is 2.38. The minimum absolute atomic E-state index is 0.227. The lowest BCUT2D eigenvalue weighted by Gasteiger charge is -2.26. The molecule has 2 N–H and O–H groups in total. The zero-order valence-electron chi connectivity index (χ0n) is 21.7. The van der Waals surface area contributed by atoms with Gasteiger partial charge in [-0.2, -0.15) is 10.2 Å². The van der Waals surface area contributed by atoms with Crippen LogP contribution < -0.4 is 15.0 Å². The number of aromatic nitrogens is 2. The molecule has 4 aromatic carbocycles. The van der Waals surface area contributed by atoms with Gasteiger partial charge in [-0.25, -0.2) is 17.5 Å². The number of anilines is 2. The molecule has 204 valence electrons. The summed E-state index contributed by atoms with van der Waals surface area (Å²) in [4.78, 5) is 0.227. The Morgan fingerprint density at radius 3 is 2.34 bits per heavy atom. The largest absolute Gasteiger partial charge is 0.331 e. The number of benzene rings is 4. The number of thiocarbonyl (C=S) groups is 1. The zero-order chi connectivity index (χ0) is 28.6. The maximum Gasteiger partial charge on any atom is 0.264 e. The molecular formula is C30H23FN6O2S2. The summed E-state index contributed by atoms with van der Waals surface area (Å²) in [5.74, 6) is -0.330.